The molecule has 3 rings (SSSR count). The van der Waals surface area contributed by atoms with Gasteiger partial charge in [0.25, 0.3) is 0 Å². The maximum atomic E-state index is 13.2. The van der Waals surface area contributed by atoms with Crippen molar-refractivity contribution in [3.05, 3.63) is 35.6 Å². The Morgan fingerprint density at radius 2 is 1.91 bits per heavy atom. The van der Waals surface area contributed by atoms with E-state index >= 15 is 0 Å². The molecule has 2 fully saturated rings. The van der Waals surface area contributed by atoms with Gasteiger partial charge in [-0.25, -0.2) is 4.39 Å². The summed E-state index contributed by atoms with van der Waals surface area (Å²) < 4.78 is 13.2. The van der Waals surface area contributed by atoms with Crippen LogP contribution < -0.4 is 10.6 Å². The summed E-state index contributed by atoms with van der Waals surface area (Å²) in [4.78, 5) is 12.3. The molecule has 1 heterocycles. The van der Waals surface area contributed by atoms with Crippen LogP contribution in [-0.2, 0) is 10.2 Å². The van der Waals surface area contributed by atoms with E-state index in [1.807, 2.05) is 12.1 Å². The average Bonchev–Trinajstić information content (AvgIpc) is 3.07. The first-order valence-electron chi connectivity index (χ1n) is 8.94. The molecule has 0 radical (unpaired) electrons. The van der Waals surface area contributed by atoms with Crippen LogP contribution in [0.3, 0.4) is 0 Å². The molecule has 1 unspecified atom stereocenters. The minimum absolute atomic E-state index is 0.0231. The van der Waals surface area contributed by atoms with Gasteiger partial charge in [-0.1, -0.05) is 31.4 Å². The van der Waals surface area contributed by atoms with E-state index in [2.05, 4.69) is 10.6 Å². The quantitative estimate of drug-likeness (QED) is 0.875. The summed E-state index contributed by atoms with van der Waals surface area (Å²) in [6.45, 7) is 1.70. The summed E-state index contributed by atoms with van der Waals surface area (Å²) in [6, 6.07) is 7.20. The third-order valence-electron chi connectivity index (χ3n) is 5.49. The molecule has 1 aliphatic carbocycles. The molecule has 0 spiro atoms. The Labute approximate surface area is 138 Å². The van der Waals surface area contributed by atoms with Crippen molar-refractivity contribution < 1.29 is 9.18 Å². The normalized spacial score (nSPS) is 23.6. The first kappa shape index (κ1) is 16.4. The van der Waals surface area contributed by atoms with E-state index in [-0.39, 0.29) is 17.1 Å². The maximum Gasteiger partial charge on any atom is 0.221 e. The van der Waals surface area contributed by atoms with Crippen LogP contribution in [0.2, 0.25) is 0 Å². The van der Waals surface area contributed by atoms with Crippen LogP contribution in [0, 0.1) is 5.82 Å². The smallest absolute Gasteiger partial charge is 0.221 e. The molecule has 1 aliphatic heterocycles. The summed E-state index contributed by atoms with van der Waals surface area (Å²) in [7, 11) is 0. The highest BCUT2D eigenvalue weighted by Gasteiger charge is 2.34. The maximum absolute atomic E-state index is 13.2. The fourth-order valence-electron chi connectivity index (χ4n) is 4.09. The van der Waals surface area contributed by atoms with Crippen molar-refractivity contribution in [1.82, 2.24) is 10.6 Å². The number of benzene rings is 1. The van der Waals surface area contributed by atoms with Gasteiger partial charge in [-0.3, -0.25) is 4.79 Å². The molecule has 23 heavy (non-hydrogen) atoms. The van der Waals surface area contributed by atoms with Crippen LogP contribution in [0.25, 0.3) is 0 Å². The van der Waals surface area contributed by atoms with Crippen LogP contribution in [0.5, 0.6) is 0 Å². The lowest BCUT2D eigenvalue weighted by molar-refractivity contribution is -0.121. The number of nitrogens with one attached hydrogen (secondary N) is 2. The van der Waals surface area contributed by atoms with Gasteiger partial charge in [-0.2, -0.15) is 0 Å². The van der Waals surface area contributed by atoms with E-state index in [9.17, 15) is 9.18 Å². The predicted octanol–water partition coefficient (Wildman–Crippen LogP) is 3.29. The van der Waals surface area contributed by atoms with Gasteiger partial charge in [-0.15, -0.1) is 0 Å². The Kier molecular flexibility index (Phi) is 5.31. The summed E-state index contributed by atoms with van der Waals surface area (Å²) in [6.07, 6.45) is 8.58. The van der Waals surface area contributed by atoms with Crippen LogP contribution in [-0.4, -0.2) is 25.0 Å². The molecule has 2 aliphatic rings. The molecule has 3 nitrogen and oxygen atoms in total. The van der Waals surface area contributed by atoms with Crippen molar-refractivity contribution in [2.24, 2.45) is 0 Å². The second-order valence-corrected chi connectivity index (χ2v) is 7.12. The third-order valence-corrected chi connectivity index (χ3v) is 5.49. The van der Waals surface area contributed by atoms with Gasteiger partial charge in [0.1, 0.15) is 5.82 Å². The van der Waals surface area contributed by atoms with E-state index in [0.717, 1.165) is 37.8 Å². The number of carbonyl (C=O) groups is 1. The van der Waals surface area contributed by atoms with Crippen LogP contribution in [0.15, 0.2) is 24.3 Å². The Balaban J connectivity index is 1.64. The molecular formula is C19H27FN2O. The molecule has 1 saturated heterocycles. The van der Waals surface area contributed by atoms with Crippen LogP contribution in [0.1, 0.15) is 56.9 Å². The molecule has 1 amide bonds. The highest BCUT2D eigenvalue weighted by Crippen LogP contribution is 2.39. The molecular weight excluding hydrogens is 291 g/mol. The topological polar surface area (TPSA) is 41.1 Å². The lowest BCUT2D eigenvalue weighted by atomic mass is 9.69. The predicted molar refractivity (Wildman–Crippen MR) is 89.8 cm³/mol. The molecule has 1 aromatic rings. The minimum Gasteiger partial charge on any atom is -0.355 e. The number of hydrogen-bond acceptors (Lipinski definition) is 2. The molecule has 4 heteroatoms. The molecule has 0 aromatic heterocycles. The average molecular weight is 318 g/mol. The fourth-order valence-corrected chi connectivity index (χ4v) is 4.09. The number of halogens is 1. The van der Waals surface area contributed by atoms with Crippen molar-refractivity contribution in [2.75, 3.05) is 13.1 Å². The van der Waals surface area contributed by atoms with Gasteiger partial charge < -0.3 is 10.6 Å². The monoisotopic (exact) mass is 318 g/mol. The second kappa shape index (κ2) is 7.43. The molecule has 1 saturated carbocycles. The minimum atomic E-state index is -0.198. The van der Waals surface area contributed by atoms with Gasteiger partial charge in [0.2, 0.25) is 5.91 Å². The lowest BCUT2D eigenvalue weighted by Crippen LogP contribution is -2.43. The zero-order valence-corrected chi connectivity index (χ0v) is 13.7. The van der Waals surface area contributed by atoms with Gasteiger partial charge in [0.15, 0.2) is 0 Å². The van der Waals surface area contributed by atoms with E-state index in [4.69, 9.17) is 0 Å². The first-order chi connectivity index (χ1) is 11.2. The largest absolute Gasteiger partial charge is 0.355 e. The molecule has 1 aromatic carbocycles. The standard InChI is InChI=1S/C19H27FN2O/c20-16-8-6-15(7-9-16)19(10-2-1-3-11-19)14-22-18(23)13-17-5-4-12-21-17/h6-9,17,21H,1-5,10-14H2,(H,22,23). The van der Waals surface area contributed by atoms with Gasteiger partial charge in [0, 0.05) is 24.4 Å². The van der Waals surface area contributed by atoms with E-state index in [1.165, 1.54) is 31.4 Å². The van der Waals surface area contributed by atoms with Gasteiger partial charge in [0.05, 0.1) is 0 Å². The third kappa shape index (κ3) is 4.11. The Morgan fingerprint density at radius 3 is 2.57 bits per heavy atom. The van der Waals surface area contributed by atoms with Gasteiger partial charge in [-0.05, 0) is 49.9 Å². The number of hydrogen-bond donors (Lipinski definition) is 2. The van der Waals surface area contributed by atoms with Crippen molar-refractivity contribution >= 4 is 5.91 Å². The number of carbonyl (C=O) groups excluding carboxylic acids is 1. The Hall–Kier alpha value is -1.42. The zero-order chi connectivity index (χ0) is 16.1. The van der Waals surface area contributed by atoms with Crippen LogP contribution >= 0.6 is 0 Å². The van der Waals surface area contributed by atoms with Crippen molar-refractivity contribution in [1.29, 1.82) is 0 Å². The molecule has 126 valence electrons. The molecule has 2 N–H and O–H groups in total. The number of amides is 1. The Bertz CT molecular complexity index is 517. The summed E-state index contributed by atoms with van der Waals surface area (Å²) in [5.74, 6) is -0.0625. The van der Waals surface area contributed by atoms with Crippen LogP contribution in [0.4, 0.5) is 4.39 Å². The van der Waals surface area contributed by atoms with Crippen molar-refractivity contribution in [3.63, 3.8) is 0 Å². The highest BCUT2D eigenvalue weighted by molar-refractivity contribution is 5.76. The van der Waals surface area contributed by atoms with E-state index in [0.29, 0.717) is 19.0 Å². The number of rotatable bonds is 5. The lowest BCUT2D eigenvalue weighted by Gasteiger charge is -2.38. The Morgan fingerprint density at radius 1 is 1.17 bits per heavy atom. The zero-order valence-electron chi connectivity index (χ0n) is 13.7. The van der Waals surface area contributed by atoms with Crippen molar-refractivity contribution in [3.8, 4) is 0 Å². The summed E-state index contributed by atoms with van der Waals surface area (Å²) >= 11 is 0. The molecule has 0 bridgehead atoms. The first-order valence-corrected chi connectivity index (χ1v) is 8.94. The summed E-state index contributed by atoms with van der Waals surface area (Å²) in [5, 5.41) is 6.53. The van der Waals surface area contributed by atoms with Gasteiger partial charge >= 0.3 is 0 Å². The van der Waals surface area contributed by atoms with E-state index in [1.54, 1.807) is 0 Å². The summed E-state index contributed by atoms with van der Waals surface area (Å²) in [5.41, 5.74) is 1.14. The van der Waals surface area contributed by atoms with E-state index < -0.39 is 0 Å². The highest BCUT2D eigenvalue weighted by atomic mass is 19.1. The SMILES string of the molecule is O=C(CC1CCCN1)NCC1(c2ccc(F)cc2)CCCCC1. The van der Waals surface area contributed by atoms with Crippen molar-refractivity contribution in [2.45, 2.75) is 62.8 Å². The fraction of sp³-hybridized carbons (Fsp3) is 0.632. The second-order valence-electron chi connectivity index (χ2n) is 7.12. The molecule has 1 atom stereocenters.